The molecule has 0 fully saturated rings. The monoisotopic (exact) mass is 564 g/mol. The van der Waals surface area contributed by atoms with Crippen LogP contribution in [0.25, 0.3) is 86.4 Å². The van der Waals surface area contributed by atoms with Crippen LogP contribution >= 0.6 is 11.3 Å². The van der Waals surface area contributed by atoms with Gasteiger partial charge in [0.1, 0.15) is 0 Å². The van der Waals surface area contributed by atoms with Crippen LogP contribution in [0.2, 0.25) is 0 Å². The lowest BCUT2D eigenvalue weighted by molar-refractivity contribution is 1.30. The van der Waals surface area contributed by atoms with E-state index in [1.807, 2.05) is 17.4 Å². The molecule has 9 rings (SSSR count). The fourth-order valence-electron chi connectivity index (χ4n) is 6.28. The molecule has 0 aliphatic rings. The molecule has 0 unspecified atom stereocenters. The quantitative estimate of drug-likeness (QED) is 0.199. The normalized spacial score (nSPS) is 11.7. The Morgan fingerprint density at radius 2 is 1.09 bits per heavy atom. The first-order valence-electron chi connectivity index (χ1n) is 14.5. The van der Waals surface area contributed by atoms with Gasteiger partial charge in [0.05, 0.1) is 22.4 Å². The topological polar surface area (TPSA) is 25.8 Å². The second kappa shape index (κ2) is 9.59. The predicted octanol–water partition coefficient (Wildman–Crippen LogP) is 11.3. The molecule has 2 aromatic heterocycles. The Morgan fingerprint density at radius 1 is 0.372 bits per heavy atom. The number of fused-ring (bicyclic) bond motifs is 7. The molecular weight excluding hydrogens is 541 g/mol. The van der Waals surface area contributed by atoms with E-state index in [0.29, 0.717) is 0 Å². The molecule has 2 nitrogen and oxygen atoms in total. The molecule has 0 bridgehead atoms. The van der Waals surface area contributed by atoms with Gasteiger partial charge in [0, 0.05) is 36.7 Å². The molecule has 0 radical (unpaired) electrons. The number of rotatable bonds is 3. The predicted molar refractivity (Wildman–Crippen MR) is 184 cm³/mol. The Kier molecular flexibility index (Phi) is 5.40. The number of benzene rings is 7. The van der Waals surface area contributed by atoms with E-state index in [9.17, 15) is 0 Å². The van der Waals surface area contributed by atoms with Crippen LogP contribution in [0.4, 0.5) is 0 Å². The molecule has 0 saturated carbocycles. The van der Waals surface area contributed by atoms with Gasteiger partial charge >= 0.3 is 0 Å². The summed E-state index contributed by atoms with van der Waals surface area (Å²) in [5.74, 6) is 0. The summed E-state index contributed by atoms with van der Waals surface area (Å²) in [4.78, 5) is 10.5. The second-order valence-electron chi connectivity index (χ2n) is 11.0. The Hall–Kier alpha value is -5.38. The minimum atomic E-state index is 0.892. The molecule has 0 aliphatic carbocycles. The molecule has 200 valence electrons. The van der Waals surface area contributed by atoms with Gasteiger partial charge in [-0.3, -0.25) is 0 Å². The maximum atomic E-state index is 5.28. The first-order valence-corrected chi connectivity index (χ1v) is 15.3. The van der Waals surface area contributed by atoms with Crippen molar-refractivity contribution in [2.45, 2.75) is 0 Å². The molecule has 3 heteroatoms. The number of aromatic nitrogens is 2. The zero-order valence-corrected chi connectivity index (χ0v) is 24.0. The van der Waals surface area contributed by atoms with Gasteiger partial charge in [-0.05, 0) is 63.7 Å². The first kappa shape index (κ1) is 24.2. The minimum absolute atomic E-state index is 0.892. The average molecular weight is 565 g/mol. The van der Waals surface area contributed by atoms with E-state index in [1.165, 1.54) is 41.9 Å². The summed E-state index contributed by atoms with van der Waals surface area (Å²) in [6.07, 6.45) is 0. The summed E-state index contributed by atoms with van der Waals surface area (Å²) >= 11 is 1.86. The van der Waals surface area contributed by atoms with E-state index in [2.05, 4.69) is 140 Å². The van der Waals surface area contributed by atoms with Gasteiger partial charge in [-0.2, -0.15) is 0 Å². The number of hydrogen-bond donors (Lipinski definition) is 0. The first-order chi connectivity index (χ1) is 21.3. The average Bonchev–Trinajstić information content (AvgIpc) is 3.44. The Labute approximate surface area is 252 Å². The molecule has 0 atom stereocenters. The Bertz CT molecular complexity index is 2510. The van der Waals surface area contributed by atoms with Crippen LogP contribution in [0.5, 0.6) is 0 Å². The van der Waals surface area contributed by atoms with Gasteiger partial charge in [-0.1, -0.05) is 109 Å². The highest BCUT2D eigenvalue weighted by molar-refractivity contribution is 7.25. The molecule has 7 aromatic carbocycles. The van der Waals surface area contributed by atoms with Crippen LogP contribution in [-0.4, -0.2) is 9.97 Å². The molecule has 0 saturated heterocycles. The van der Waals surface area contributed by atoms with E-state index in [-0.39, 0.29) is 0 Å². The maximum absolute atomic E-state index is 5.28. The van der Waals surface area contributed by atoms with Crippen molar-refractivity contribution >= 4 is 64.1 Å². The van der Waals surface area contributed by atoms with Crippen LogP contribution in [0.15, 0.2) is 146 Å². The Balaban J connectivity index is 1.22. The van der Waals surface area contributed by atoms with Crippen molar-refractivity contribution in [2.75, 3.05) is 0 Å². The Morgan fingerprint density at radius 3 is 2.02 bits per heavy atom. The minimum Gasteiger partial charge on any atom is -0.244 e. The van der Waals surface area contributed by atoms with Gasteiger partial charge in [-0.25, -0.2) is 9.97 Å². The van der Waals surface area contributed by atoms with E-state index in [4.69, 9.17) is 9.97 Å². The highest BCUT2D eigenvalue weighted by Crippen LogP contribution is 2.38. The van der Waals surface area contributed by atoms with Crippen molar-refractivity contribution in [3.63, 3.8) is 0 Å². The summed E-state index contributed by atoms with van der Waals surface area (Å²) in [6, 6.07) is 51.9. The van der Waals surface area contributed by atoms with E-state index < -0.39 is 0 Å². The third-order valence-electron chi connectivity index (χ3n) is 8.41. The van der Waals surface area contributed by atoms with Gasteiger partial charge in [0.25, 0.3) is 0 Å². The third-order valence-corrected chi connectivity index (χ3v) is 9.55. The molecule has 9 aromatic rings. The molecule has 43 heavy (non-hydrogen) atoms. The molecule has 0 N–H and O–H groups in total. The van der Waals surface area contributed by atoms with Gasteiger partial charge in [-0.15, -0.1) is 11.3 Å². The fraction of sp³-hybridized carbons (Fsp3) is 0. The smallest absolute Gasteiger partial charge is 0.0973 e. The summed E-state index contributed by atoms with van der Waals surface area (Å²) in [5.41, 5.74) is 8.08. The van der Waals surface area contributed by atoms with Crippen molar-refractivity contribution in [1.29, 1.82) is 0 Å². The molecule has 0 aliphatic heterocycles. The molecular formula is C40H24N2S. The molecule has 0 spiro atoms. The zero-order valence-electron chi connectivity index (χ0n) is 23.2. The van der Waals surface area contributed by atoms with Gasteiger partial charge < -0.3 is 0 Å². The highest BCUT2D eigenvalue weighted by Gasteiger charge is 2.16. The zero-order chi connectivity index (χ0) is 28.3. The van der Waals surface area contributed by atoms with Crippen molar-refractivity contribution in [2.24, 2.45) is 0 Å². The van der Waals surface area contributed by atoms with E-state index in [0.717, 1.165) is 44.5 Å². The lowest BCUT2D eigenvalue weighted by Crippen LogP contribution is -1.96. The summed E-state index contributed by atoms with van der Waals surface area (Å²) in [6.45, 7) is 0. The van der Waals surface area contributed by atoms with Crippen molar-refractivity contribution in [1.82, 2.24) is 9.97 Å². The van der Waals surface area contributed by atoms with Crippen LogP contribution < -0.4 is 0 Å². The highest BCUT2D eigenvalue weighted by atomic mass is 32.1. The van der Waals surface area contributed by atoms with Crippen molar-refractivity contribution < 1.29 is 0 Å². The lowest BCUT2D eigenvalue weighted by Gasteiger charge is -2.13. The van der Waals surface area contributed by atoms with Crippen molar-refractivity contribution in [3.05, 3.63) is 146 Å². The summed E-state index contributed by atoms with van der Waals surface area (Å²) < 4.78 is 2.67. The summed E-state index contributed by atoms with van der Waals surface area (Å²) in [5, 5.41) is 7.45. The SMILES string of the molecule is c1ccc(-c2nc3c(ccc4ccccc43)nc2-c2cccc(-c3ccc4cc5sc6ccccc6c5cc4c3)c2)cc1. The van der Waals surface area contributed by atoms with Gasteiger partial charge in [0.15, 0.2) is 0 Å². The van der Waals surface area contributed by atoms with Crippen LogP contribution in [0, 0.1) is 0 Å². The van der Waals surface area contributed by atoms with Crippen LogP contribution in [-0.2, 0) is 0 Å². The number of nitrogens with zero attached hydrogens (tertiary/aromatic N) is 2. The summed E-state index contributed by atoms with van der Waals surface area (Å²) in [7, 11) is 0. The largest absolute Gasteiger partial charge is 0.244 e. The lowest BCUT2D eigenvalue weighted by atomic mass is 9.96. The number of hydrogen-bond acceptors (Lipinski definition) is 3. The third kappa shape index (κ3) is 4.01. The van der Waals surface area contributed by atoms with Crippen LogP contribution in [0.3, 0.4) is 0 Å². The molecule has 0 amide bonds. The number of thiophene rings is 1. The standard InChI is InChI=1S/C40H24N2S/c1-2-10-26(11-3-1)38-39(41-35-20-19-25-9-4-5-14-32(25)40(35)42-38)30-13-8-12-27(21-30)28-17-18-29-24-37-34(23-31(29)22-28)33-15-6-7-16-36(33)43-37/h1-24H. The van der Waals surface area contributed by atoms with Crippen molar-refractivity contribution in [3.8, 4) is 33.6 Å². The van der Waals surface area contributed by atoms with E-state index in [1.54, 1.807) is 0 Å². The van der Waals surface area contributed by atoms with Crippen LogP contribution in [0.1, 0.15) is 0 Å². The second-order valence-corrected chi connectivity index (χ2v) is 12.1. The molecule has 2 heterocycles. The van der Waals surface area contributed by atoms with Gasteiger partial charge in [0.2, 0.25) is 0 Å². The van der Waals surface area contributed by atoms with E-state index >= 15 is 0 Å². The fourth-order valence-corrected chi connectivity index (χ4v) is 7.42. The maximum Gasteiger partial charge on any atom is 0.0973 e.